The van der Waals surface area contributed by atoms with Crippen molar-refractivity contribution in [1.82, 2.24) is 0 Å². The second kappa shape index (κ2) is 16.7. The molecule has 108 valence electrons. The minimum Gasteiger partial charge on any atom is -0.330 e. The molecule has 1 nitrogen and oxygen atoms in total. The van der Waals surface area contributed by atoms with Gasteiger partial charge in [-0.1, -0.05) is 70.4 Å². The molecule has 0 aromatic rings. The van der Waals surface area contributed by atoms with Crippen LogP contribution in [-0.2, 0) is 0 Å². The van der Waals surface area contributed by atoms with E-state index >= 15 is 0 Å². The van der Waals surface area contributed by atoms with Crippen LogP contribution in [-0.4, -0.2) is 6.54 Å². The molecule has 0 radical (unpaired) electrons. The molecule has 0 aliphatic rings. The van der Waals surface area contributed by atoms with Crippen LogP contribution < -0.4 is 5.73 Å². The first kappa shape index (κ1) is 17.7. The summed E-state index contributed by atoms with van der Waals surface area (Å²) in [6, 6.07) is 0. The van der Waals surface area contributed by atoms with Gasteiger partial charge in [-0.3, -0.25) is 0 Å². The zero-order valence-corrected chi connectivity index (χ0v) is 12.6. The van der Waals surface area contributed by atoms with Gasteiger partial charge in [0, 0.05) is 0 Å². The molecule has 0 bridgehead atoms. The quantitative estimate of drug-likeness (QED) is 0.317. The van der Waals surface area contributed by atoms with Gasteiger partial charge in [-0.25, -0.2) is 0 Å². The molecule has 0 aromatic carbocycles. The lowest BCUT2D eigenvalue weighted by Crippen LogP contribution is -1.96. The standard InChI is InChI=1S/C17H35N/c1-2-3-4-5-6-7-8-9-10-11-12-13-14-15-16-17-18/h12-13H,2-11,14-18H2,1H3. The summed E-state index contributed by atoms with van der Waals surface area (Å²) in [4.78, 5) is 0. The van der Waals surface area contributed by atoms with Crippen molar-refractivity contribution >= 4 is 0 Å². The van der Waals surface area contributed by atoms with Crippen molar-refractivity contribution in [2.24, 2.45) is 5.73 Å². The van der Waals surface area contributed by atoms with Crippen LogP contribution >= 0.6 is 0 Å². The number of unbranched alkanes of at least 4 members (excludes halogenated alkanes) is 11. The fraction of sp³-hybridized carbons (Fsp3) is 0.882. The molecule has 0 atom stereocenters. The Bertz CT molecular complexity index is 163. The first-order valence-electron chi connectivity index (χ1n) is 8.27. The molecule has 0 aliphatic heterocycles. The van der Waals surface area contributed by atoms with Crippen LogP contribution in [0.5, 0.6) is 0 Å². The van der Waals surface area contributed by atoms with Crippen LogP contribution in [0.1, 0.15) is 90.4 Å². The Balaban J connectivity index is 2.98. The van der Waals surface area contributed by atoms with Crippen molar-refractivity contribution in [2.45, 2.75) is 90.4 Å². The van der Waals surface area contributed by atoms with E-state index in [0.717, 1.165) is 6.54 Å². The van der Waals surface area contributed by atoms with Gasteiger partial charge in [-0.2, -0.15) is 0 Å². The van der Waals surface area contributed by atoms with Gasteiger partial charge in [0.15, 0.2) is 0 Å². The molecule has 18 heavy (non-hydrogen) atoms. The van der Waals surface area contributed by atoms with E-state index in [2.05, 4.69) is 19.1 Å². The maximum absolute atomic E-state index is 5.45. The summed E-state index contributed by atoms with van der Waals surface area (Å²) in [5.41, 5.74) is 5.45. The molecular weight excluding hydrogens is 218 g/mol. The fourth-order valence-electron chi connectivity index (χ4n) is 2.22. The molecule has 0 rings (SSSR count). The monoisotopic (exact) mass is 253 g/mol. The van der Waals surface area contributed by atoms with E-state index < -0.39 is 0 Å². The largest absolute Gasteiger partial charge is 0.330 e. The Kier molecular flexibility index (Phi) is 16.4. The van der Waals surface area contributed by atoms with E-state index in [1.807, 2.05) is 0 Å². The molecule has 0 saturated heterocycles. The van der Waals surface area contributed by atoms with Crippen molar-refractivity contribution in [3.8, 4) is 0 Å². The smallest absolute Gasteiger partial charge is 0.00772 e. The molecule has 0 unspecified atom stereocenters. The van der Waals surface area contributed by atoms with E-state index in [1.165, 1.54) is 83.5 Å². The Labute approximate surface area is 115 Å². The van der Waals surface area contributed by atoms with E-state index in [1.54, 1.807) is 0 Å². The SMILES string of the molecule is CCCCCCCCCCCC=CCCCCN. The predicted octanol–water partition coefficient (Wildman–Crippen LogP) is 5.59. The second-order valence-corrected chi connectivity index (χ2v) is 5.37. The van der Waals surface area contributed by atoms with Crippen LogP contribution in [0, 0.1) is 0 Å². The van der Waals surface area contributed by atoms with Gasteiger partial charge in [0.05, 0.1) is 0 Å². The Morgan fingerprint density at radius 3 is 1.56 bits per heavy atom. The van der Waals surface area contributed by atoms with Gasteiger partial charge in [0.2, 0.25) is 0 Å². The average Bonchev–Trinajstić information content (AvgIpc) is 2.39. The lowest BCUT2D eigenvalue weighted by molar-refractivity contribution is 0.566. The lowest BCUT2D eigenvalue weighted by atomic mass is 10.1. The molecular formula is C17H35N. The average molecular weight is 253 g/mol. The van der Waals surface area contributed by atoms with E-state index in [-0.39, 0.29) is 0 Å². The third-order valence-electron chi connectivity index (χ3n) is 3.47. The zero-order chi connectivity index (χ0) is 13.3. The zero-order valence-electron chi connectivity index (χ0n) is 12.6. The molecule has 0 aromatic heterocycles. The molecule has 0 saturated carbocycles. The summed E-state index contributed by atoms with van der Waals surface area (Å²) in [6.45, 7) is 3.12. The molecule has 0 amide bonds. The van der Waals surface area contributed by atoms with Gasteiger partial charge in [-0.15, -0.1) is 0 Å². The summed E-state index contributed by atoms with van der Waals surface area (Å²) in [7, 11) is 0. The van der Waals surface area contributed by atoms with E-state index in [9.17, 15) is 0 Å². The van der Waals surface area contributed by atoms with E-state index in [0.29, 0.717) is 0 Å². The minimum absolute atomic E-state index is 0.839. The maximum Gasteiger partial charge on any atom is -0.00772 e. The molecule has 0 fully saturated rings. The van der Waals surface area contributed by atoms with E-state index in [4.69, 9.17) is 5.73 Å². The molecule has 0 aliphatic carbocycles. The third-order valence-corrected chi connectivity index (χ3v) is 3.47. The Morgan fingerprint density at radius 1 is 0.611 bits per heavy atom. The van der Waals surface area contributed by atoms with Crippen LogP contribution in [0.15, 0.2) is 12.2 Å². The summed E-state index contributed by atoms with van der Waals surface area (Å²) < 4.78 is 0. The summed E-state index contributed by atoms with van der Waals surface area (Å²) in [5, 5.41) is 0. The predicted molar refractivity (Wildman–Crippen MR) is 83.9 cm³/mol. The topological polar surface area (TPSA) is 26.0 Å². The van der Waals surface area contributed by atoms with Gasteiger partial charge >= 0.3 is 0 Å². The van der Waals surface area contributed by atoms with Crippen molar-refractivity contribution < 1.29 is 0 Å². The molecule has 2 N–H and O–H groups in total. The van der Waals surface area contributed by atoms with Crippen LogP contribution in [0.2, 0.25) is 0 Å². The third kappa shape index (κ3) is 15.7. The highest BCUT2D eigenvalue weighted by Gasteiger charge is 1.91. The highest BCUT2D eigenvalue weighted by Crippen LogP contribution is 2.10. The summed E-state index contributed by atoms with van der Waals surface area (Å²) in [5.74, 6) is 0. The molecule has 0 spiro atoms. The van der Waals surface area contributed by atoms with Crippen molar-refractivity contribution in [2.75, 3.05) is 6.54 Å². The van der Waals surface area contributed by atoms with Gasteiger partial charge in [-0.05, 0) is 38.6 Å². The minimum atomic E-state index is 0.839. The van der Waals surface area contributed by atoms with Gasteiger partial charge in [0.1, 0.15) is 0 Å². The van der Waals surface area contributed by atoms with Gasteiger partial charge in [0.25, 0.3) is 0 Å². The van der Waals surface area contributed by atoms with Crippen LogP contribution in [0.25, 0.3) is 0 Å². The number of nitrogens with two attached hydrogens (primary N) is 1. The highest BCUT2D eigenvalue weighted by molar-refractivity contribution is 4.81. The van der Waals surface area contributed by atoms with Crippen LogP contribution in [0.4, 0.5) is 0 Å². The second-order valence-electron chi connectivity index (χ2n) is 5.37. The maximum atomic E-state index is 5.45. The first-order valence-corrected chi connectivity index (χ1v) is 8.27. The molecule has 0 heterocycles. The van der Waals surface area contributed by atoms with Crippen molar-refractivity contribution in [3.63, 3.8) is 0 Å². The number of rotatable bonds is 14. The normalized spacial score (nSPS) is 11.4. The molecule has 1 heteroatoms. The summed E-state index contributed by atoms with van der Waals surface area (Å²) >= 11 is 0. The van der Waals surface area contributed by atoms with Crippen molar-refractivity contribution in [3.05, 3.63) is 12.2 Å². The number of hydrogen-bond donors (Lipinski definition) is 1. The number of allylic oxidation sites excluding steroid dienone is 2. The Morgan fingerprint density at radius 2 is 1.06 bits per heavy atom. The first-order chi connectivity index (χ1) is 8.91. The highest BCUT2D eigenvalue weighted by atomic mass is 14.5. The lowest BCUT2D eigenvalue weighted by Gasteiger charge is -2.00. The fourth-order valence-corrected chi connectivity index (χ4v) is 2.22. The van der Waals surface area contributed by atoms with Crippen LogP contribution in [0.3, 0.4) is 0 Å². The summed E-state index contributed by atoms with van der Waals surface area (Å²) in [6.07, 6.45) is 22.4. The number of hydrogen-bond acceptors (Lipinski definition) is 1. The Hall–Kier alpha value is -0.300. The van der Waals surface area contributed by atoms with Gasteiger partial charge < -0.3 is 5.73 Å². The van der Waals surface area contributed by atoms with Crippen molar-refractivity contribution in [1.29, 1.82) is 0 Å².